The molecule has 1 aromatic carbocycles. The number of rotatable bonds is 6. The first-order valence-electron chi connectivity index (χ1n) is 7.13. The van der Waals surface area contributed by atoms with Crippen LogP contribution in [0.4, 0.5) is 0 Å². The van der Waals surface area contributed by atoms with Gasteiger partial charge in [-0.3, -0.25) is 0 Å². The molecule has 0 bridgehead atoms. The van der Waals surface area contributed by atoms with Gasteiger partial charge in [-0.15, -0.1) is 0 Å². The van der Waals surface area contributed by atoms with E-state index < -0.39 is 0 Å². The van der Waals surface area contributed by atoms with E-state index in [2.05, 4.69) is 38.2 Å². The summed E-state index contributed by atoms with van der Waals surface area (Å²) in [4.78, 5) is 0. The molecule has 1 atom stereocenters. The summed E-state index contributed by atoms with van der Waals surface area (Å²) >= 11 is 0. The molecule has 1 aliphatic carbocycles. The second-order valence-electron chi connectivity index (χ2n) is 5.79. The van der Waals surface area contributed by atoms with Crippen LogP contribution in [-0.2, 0) is 0 Å². The summed E-state index contributed by atoms with van der Waals surface area (Å²) < 4.78 is 0. The van der Waals surface area contributed by atoms with Gasteiger partial charge in [-0.2, -0.15) is 0 Å². The van der Waals surface area contributed by atoms with E-state index in [0.717, 1.165) is 12.5 Å². The van der Waals surface area contributed by atoms with E-state index >= 15 is 0 Å². The van der Waals surface area contributed by atoms with Gasteiger partial charge in [0.25, 0.3) is 0 Å². The largest absolute Gasteiger partial charge is 0.329 e. The van der Waals surface area contributed by atoms with Gasteiger partial charge in [0.15, 0.2) is 0 Å². The molecule has 0 radical (unpaired) electrons. The number of hydrogen-bond acceptors (Lipinski definition) is 2. The molecule has 0 saturated heterocycles. The Bertz CT molecular complexity index is 385. The standard InChI is InChI=1S/C16H26N2/c1-11-8-12(2)16(13(3)9-11)15(10-17)18-7-6-14-4-5-14/h8-9,14-15,18H,4-7,10,17H2,1-3H3. The Labute approximate surface area is 111 Å². The van der Waals surface area contributed by atoms with Gasteiger partial charge < -0.3 is 11.1 Å². The summed E-state index contributed by atoms with van der Waals surface area (Å²) in [6, 6.07) is 4.82. The van der Waals surface area contributed by atoms with Gasteiger partial charge in [-0.25, -0.2) is 0 Å². The normalized spacial score (nSPS) is 16.9. The van der Waals surface area contributed by atoms with Crippen molar-refractivity contribution >= 4 is 0 Å². The molecule has 2 rings (SSSR count). The highest BCUT2D eigenvalue weighted by molar-refractivity contribution is 5.39. The maximum Gasteiger partial charge on any atom is 0.0449 e. The maximum absolute atomic E-state index is 5.95. The highest BCUT2D eigenvalue weighted by atomic mass is 14.9. The molecule has 0 amide bonds. The molecule has 3 N–H and O–H groups in total. The zero-order valence-corrected chi connectivity index (χ0v) is 11.9. The van der Waals surface area contributed by atoms with Crippen molar-refractivity contribution in [2.75, 3.05) is 13.1 Å². The third-order valence-electron chi connectivity index (χ3n) is 3.96. The van der Waals surface area contributed by atoms with Crippen molar-refractivity contribution in [3.8, 4) is 0 Å². The predicted octanol–water partition coefficient (Wildman–Crippen LogP) is 3.00. The fourth-order valence-electron chi connectivity index (χ4n) is 2.91. The summed E-state index contributed by atoms with van der Waals surface area (Å²) in [6.07, 6.45) is 4.16. The maximum atomic E-state index is 5.95. The van der Waals surface area contributed by atoms with Gasteiger partial charge in [0.2, 0.25) is 0 Å². The average Bonchev–Trinajstić information content (AvgIpc) is 3.09. The molecule has 100 valence electrons. The Kier molecular flexibility index (Phi) is 4.41. The van der Waals surface area contributed by atoms with Crippen molar-refractivity contribution in [3.05, 3.63) is 34.4 Å². The molecule has 2 nitrogen and oxygen atoms in total. The highest BCUT2D eigenvalue weighted by Gasteiger charge is 2.21. The van der Waals surface area contributed by atoms with Gasteiger partial charge >= 0.3 is 0 Å². The topological polar surface area (TPSA) is 38.0 Å². The first-order chi connectivity index (χ1) is 8.61. The lowest BCUT2D eigenvalue weighted by molar-refractivity contribution is 0.512. The van der Waals surface area contributed by atoms with Gasteiger partial charge in [-0.1, -0.05) is 30.5 Å². The van der Waals surface area contributed by atoms with Gasteiger partial charge in [0.05, 0.1) is 0 Å². The number of hydrogen-bond donors (Lipinski definition) is 2. The fraction of sp³-hybridized carbons (Fsp3) is 0.625. The Hall–Kier alpha value is -0.860. The molecule has 0 heterocycles. The van der Waals surface area contributed by atoms with Crippen LogP contribution in [-0.4, -0.2) is 13.1 Å². The summed E-state index contributed by atoms with van der Waals surface area (Å²) in [5, 5.41) is 3.63. The molecule has 1 unspecified atom stereocenters. The van der Waals surface area contributed by atoms with E-state index in [1.807, 2.05) is 0 Å². The van der Waals surface area contributed by atoms with Crippen LogP contribution in [0.3, 0.4) is 0 Å². The minimum atomic E-state index is 0.310. The van der Waals surface area contributed by atoms with E-state index in [4.69, 9.17) is 5.73 Å². The van der Waals surface area contributed by atoms with Crippen LogP contribution < -0.4 is 11.1 Å². The van der Waals surface area contributed by atoms with Gasteiger partial charge in [-0.05, 0) is 56.3 Å². The first kappa shape index (κ1) is 13.6. The van der Waals surface area contributed by atoms with E-state index in [0.29, 0.717) is 12.6 Å². The van der Waals surface area contributed by atoms with Crippen LogP contribution in [0.15, 0.2) is 12.1 Å². The number of nitrogens with one attached hydrogen (secondary N) is 1. The summed E-state index contributed by atoms with van der Waals surface area (Å²) in [7, 11) is 0. The van der Waals surface area contributed by atoms with Crippen LogP contribution in [0.1, 0.15) is 47.6 Å². The minimum absolute atomic E-state index is 0.310. The Morgan fingerprint density at radius 1 is 1.22 bits per heavy atom. The molecule has 2 heteroatoms. The van der Waals surface area contributed by atoms with E-state index in [-0.39, 0.29) is 0 Å². The Morgan fingerprint density at radius 3 is 2.33 bits per heavy atom. The lowest BCUT2D eigenvalue weighted by atomic mass is 9.94. The second-order valence-corrected chi connectivity index (χ2v) is 5.79. The van der Waals surface area contributed by atoms with E-state index in [1.54, 1.807) is 0 Å². The number of aryl methyl sites for hydroxylation is 3. The van der Waals surface area contributed by atoms with Crippen LogP contribution in [0.25, 0.3) is 0 Å². The predicted molar refractivity (Wildman–Crippen MR) is 77.8 cm³/mol. The molecule has 0 aliphatic heterocycles. The SMILES string of the molecule is Cc1cc(C)c(C(CN)NCCC2CC2)c(C)c1. The highest BCUT2D eigenvalue weighted by Crippen LogP contribution is 2.32. The smallest absolute Gasteiger partial charge is 0.0449 e. The molecule has 1 fully saturated rings. The zero-order chi connectivity index (χ0) is 13.1. The summed E-state index contributed by atoms with van der Waals surface area (Å²) in [5.74, 6) is 0.983. The van der Waals surface area contributed by atoms with Crippen LogP contribution in [0.2, 0.25) is 0 Å². The van der Waals surface area contributed by atoms with Crippen LogP contribution in [0.5, 0.6) is 0 Å². The van der Waals surface area contributed by atoms with Crippen LogP contribution in [0, 0.1) is 26.7 Å². The molecule has 1 aromatic rings. The average molecular weight is 246 g/mol. The summed E-state index contributed by atoms with van der Waals surface area (Å²) in [5.41, 5.74) is 11.4. The second kappa shape index (κ2) is 5.85. The number of nitrogens with two attached hydrogens (primary N) is 1. The third-order valence-corrected chi connectivity index (χ3v) is 3.96. The monoisotopic (exact) mass is 246 g/mol. The summed E-state index contributed by atoms with van der Waals surface area (Å²) in [6.45, 7) is 8.32. The van der Waals surface area contributed by atoms with Crippen molar-refractivity contribution in [3.63, 3.8) is 0 Å². The lowest BCUT2D eigenvalue weighted by Gasteiger charge is -2.22. The van der Waals surface area contributed by atoms with E-state index in [1.165, 1.54) is 41.5 Å². The van der Waals surface area contributed by atoms with Crippen LogP contribution >= 0.6 is 0 Å². The zero-order valence-electron chi connectivity index (χ0n) is 11.9. The minimum Gasteiger partial charge on any atom is -0.329 e. The Morgan fingerprint density at radius 2 is 1.83 bits per heavy atom. The lowest BCUT2D eigenvalue weighted by Crippen LogP contribution is -2.30. The van der Waals surface area contributed by atoms with Gasteiger partial charge in [0.1, 0.15) is 0 Å². The van der Waals surface area contributed by atoms with Gasteiger partial charge in [0, 0.05) is 12.6 Å². The van der Waals surface area contributed by atoms with E-state index in [9.17, 15) is 0 Å². The molecular formula is C16H26N2. The molecule has 0 aromatic heterocycles. The molecule has 18 heavy (non-hydrogen) atoms. The van der Waals surface area contributed by atoms with Crippen molar-refractivity contribution in [2.45, 2.75) is 46.1 Å². The first-order valence-corrected chi connectivity index (χ1v) is 7.13. The van der Waals surface area contributed by atoms with Crippen molar-refractivity contribution in [2.24, 2.45) is 11.7 Å². The molecule has 0 spiro atoms. The van der Waals surface area contributed by atoms with Crippen molar-refractivity contribution in [1.82, 2.24) is 5.32 Å². The fourth-order valence-corrected chi connectivity index (χ4v) is 2.91. The molecule has 1 saturated carbocycles. The molecular weight excluding hydrogens is 220 g/mol. The molecule has 1 aliphatic rings. The quantitative estimate of drug-likeness (QED) is 0.810. The number of benzene rings is 1. The van der Waals surface area contributed by atoms with Crippen molar-refractivity contribution in [1.29, 1.82) is 0 Å². The Balaban J connectivity index is 2.05. The third kappa shape index (κ3) is 3.33. The van der Waals surface area contributed by atoms with Crippen molar-refractivity contribution < 1.29 is 0 Å².